The molecule has 0 aliphatic carbocycles. The predicted molar refractivity (Wildman–Crippen MR) is 108 cm³/mol. The largest absolute Gasteiger partial charge is 0.503 e. The number of nitrogens with zero attached hydrogens (tertiary/aromatic N) is 1. The highest BCUT2D eigenvalue weighted by molar-refractivity contribution is 7.99. The molecule has 3 aromatic carbocycles. The van der Waals surface area contributed by atoms with Crippen LogP contribution in [0.2, 0.25) is 0 Å². The minimum absolute atomic E-state index is 0.266. The van der Waals surface area contributed by atoms with Crippen molar-refractivity contribution in [3.8, 4) is 5.75 Å². The first-order chi connectivity index (χ1) is 13.6. The molecule has 0 amide bonds. The second kappa shape index (κ2) is 7.86. The first-order valence-corrected chi connectivity index (χ1v) is 9.44. The van der Waals surface area contributed by atoms with Crippen LogP contribution in [0.5, 0.6) is 5.75 Å². The summed E-state index contributed by atoms with van der Waals surface area (Å²) in [6.45, 7) is 0.388. The van der Waals surface area contributed by atoms with Gasteiger partial charge in [0.05, 0.1) is 5.52 Å². The maximum Gasteiger partial charge on any atom is 0.187 e. The number of aromatic nitrogens is 1. The van der Waals surface area contributed by atoms with Gasteiger partial charge in [-0.25, -0.2) is 8.78 Å². The minimum Gasteiger partial charge on any atom is -0.503 e. The fourth-order valence-corrected chi connectivity index (χ4v) is 3.83. The van der Waals surface area contributed by atoms with E-state index in [-0.39, 0.29) is 5.69 Å². The molecule has 3 nitrogen and oxygen atoms in total. The number of phenolic OH excluding ortho intramolecular Hbond substituents is 1. The van der Waals surface area contributed by atoms with Crippen molar-refractivity contribution in [3.05, 3.63) is 90.1 Å². The lowest BCUT2D eigenvalue weighted by atomic mass is 10.2. The molecule has 4 aromatic rings. The minimum atomic E-state index is -0.992. The summed E-state index contributed by atoms with van der Waals surface area (Å²) in [5, 5.41) is 13.3. The number of benzene rings is 3. The van der Waals surface area contributed by atoms with Gasteiger partial charge in [-0.1, -0.05) is 42.1 Å². The lowest BCUT2D eigenvalue weighted by molar-refractivity contribution is 0.396. The molecule has 1 heterocycles. The van der Waals surface area contributed by atoms with Crippen molar-refractivity contribution in [2.24, 2.45) is 0 Å². The van der Waals surface area contributed by atoms with Crippen molar-refractivity contribution >= 4 is 28.4 Å². The van der Waals surface area contributed by atoms with Crippen molar-refractivity contribution < 1.29 is 13.9 Å². The first kappa shape index (κ1) is 18.3. The summed E-state index contributed by atoms with van der Waals surface area (Å²) in [6, 6.07) is 20.0. The molecule has 0 atom stereocenters. The molecule has 0 fully saturated rings. The topological polar surface area (TPSA) is 45.1 Å². The molecule has 6 heteroatoms. The Morgan fingerprint density at radius 3 is 2.54 bits per heavy atom. The number of pyridine rings is 1. The molecule has 0 saturated heterocycles. The maximum atomic E-state index is 13.5. The fourth-order valence-electron chi connectivity index (χ4n) is 2.85. The summed E-state index contributed by atoms with van der Waals surface area (Å²) in [5.74, 6) is -2.95. The molecule has 0 bridgehead atoms. The van der Waals surface area contributed by atoms with Crippen LogP contribution < -0.4 is 5.32 Å². The van der Waals surface area contributed by atoms with Gasteiger partial charge in [-0.15, -0.1) is 0 Å². The predicted octanol–water partition coefficient (Wildman–Crippen LogP) is 5.98. The Kier molecular flexibility index (Phi) is 5.12. The van der Waals surface area contributed by atoms with Crippen molar-refractivity contribution in [1.82, 2.24) is 4.98 Å². The zero-order valence-corrected chi connectivity index (χ0v) is 15.5. The van der Waals surface area contributed by atoms with E-state index in [1.165, 1.54) is 0 Å². The number of phenols is 1. The average molecular weight is 394 g/mol. The van der Waals surface area contributed by atoms with E-state index in [2.05, 4.69) is 10.3 Å². The van der Waals surface area contributed by atoms with E-state index in [0.29, 0.717) is 6.54 Å². The van der Waals surface area contributed by atoms with Crippen LogP contribution in [0, 0.1) is 11.6 Å². The Labute approximate surface area is 165 Å². The Morgan fingerprint density at radius 2 is 1.71 bits per heavy atom. The highest BCUT2D eigenvalue weighted by Gasteiger charge is 2.10. The number of halogens is 2. The Bertz CT molecular complexity index is 1130. The fraction of sp³-hybridized carbons (Fsp3) is 0.0455. The lowest BCUT2D eigenvalue weighted by Crippen LogP contribution is -2.02. The zero-order chi connectivity index (χ0) is 19.5. The van der Waals surface area contributed by atoms with Gasteiger partial charge < -0.3 is 10.4 Å². The number of aromatic hydroxyl groups is 1. The third-order valence-corrected chi connectivity index (χ3v) is 5.39. The van der Waals surface area contributed by atoms with Crippen LogP contribution in [0.4, 0.5) is 14.5 Å². The number of nitrogens with one attached hydrogen (secondary N) is 1. The SMILES string of the molecule is Oc1c(F)cc(NCc2ccccc2Sc2ccc3cccnc3c2)cc1F. The molecule has 0 aliphatic heterocycles. The normalized spacial score (nSPS) is 10.9. The summed E-state index contributed by atoms with van der Waals surface area (Å²) in [4.78, 5) is 6.48. The molecule has 2 N–H and O–H groups in total. The van der Waals surface area contributed by atoms with E-state index < -0.39 is 17.4 Å². The molecular weight excluding hydrogens is 378 g/mol. The van der Waals surface area contributed by atoms with Gasteiger partial charge in [-0.3, -0.25) is 4.98 Å². The summed E-state index contributed by atoms with van der Waals surface area (Å²) in [7, 11) is 0. The second-order valence-corrected chi connectivity index (χ2v) is 7.33. The summed E-state index contributed by atoms with van der Waals surface area (Å²) >= 11 is 1.60. The van der Waals surface area contributed by atoms with Crippen LogP contribution in [0.25, 0.3) is 10.9 Å². The van der Waals surface area contributed by atoms with Crippen molar-refractivity contribution in [2.75, 3.05) is 5.32 Å². The molecule has 4 rings (SSSR count). The molecule has 0 unspecified atom stereocenters. The van der Waals surface area contributed by atoms with E-state index in [0.717, 1.165) is 38.4 Å². The second-order valence-electron chi connectivity index (χ2n) is 6.21. The van der Waals surface area contributed by atoms with Gasteiger partial charge >= 0.3 is 0 Å². The molecule has 1 aromatic heterocycles. The molecule has 0 saturated carbocycles. The number of fused-ring (bicyclic) bond motifs is 1. The molecule has 0 spiro atoms. The van der Waals surface area contributed by atoms with Crippen LogP contribution in [0.15, 0.2) is 82.7 Å². The van der Waals surface area contributed by atoms with Crippen LogP contribution in [-0.4, -0.2) is 10.1 Å². The Balaban J connectivity index is 1.55. The third-order valence-electron chi connectivity index (χ3n) is 4.28. The molecule has 28 heavy (non-hydrogen) atoms. The van der Waals surface area contributed by atoms with Crippen LogP contribution >= 0.6 is 11.8 Å². The highest BCUT2D eigenvalue weighted by atomic mass is 32.2. The lowest BCUT2D eigenvalue weighted by Gasteiger charge is -2.12. The van der Waals surface area contributed by atoms with E-state index >= 15 is 0 Å². The quantitative estimate of drug-likeness (QED) is 0.409. The van der Waals surface area contributed by atoms with Crippen molar-refractivity contribution in [2.45, 2.75) is 16.3 Å². The van der Waals surface area contributed by atoms with Crippen LogP contribution in [0.3, 0.4) is 0 Å². The van der Waals surface area contributed by atoms with E-state index in [9.17, 15) is 13.9 Å². The van der Waals surface area contributed by atoms with Gasteiger partial charge in [-0.05, 0) is 29.8 Å². The van der Waals surface area contributed by atoms with Gasteiger partial charge in [0.15, 0.2) is 17.4 Å². The third kappa shape index (κ3) is 3.92. The molecule has 140 valence electrons. The number of hydrogen-bond acceptors (Lipinski definition) is 4. The highest BCUT2D eigenvalue weighted by Crippen LogP contribution is 2.32. The summed E-state index contributed by atoms with van der Waals surface area (Å²) in [6.07, 6.45) is 1.77. The zero-order valence-electron chi connectivity index (χ0n) is 14.7. The standard InChI is InChI=1S/C22H16F2N2OS/c23-18-10-16(11-19(24)22(18)27)26-13-15-4-1-2-6-21(15)28-17-8-7-14-5-3-9-25-20(14)12-17/h1-12,26-27H,13H2. The van der Waals surface area contributed by atoms with Crippen LogP contribution in [-0.2, 0) is 6.54 Å². The number of hydrogen-bond donors (Lipinski definition) is 2. The van der Waals surface area contributed by atoms with E-state index in [4.69, 9.17) is 0 Å². The molecule has 0 radical (unpaired) electrons. The first-order valence-electron chi connectivity index (χ1n) is 8.62. The van der Waals surface area contributed by atoms with Crippen LogP contribution in [0.1, 0.15) is 5.56 Å². The van der Waals surface area contributed by atoms with Crippen molar-refractivity contribution in [1.29, 1.82) is 0 Å². The summed E-state index contributed by atoms with van der Waals surface area (Å²) < 4.78 is 27.0. The Morgan fingerprint density at radius 1 is 0.929 bits per heavy atom. The van der Waals surface area contributed by atoms with E-state index in [1.807, 2.05) is 54.6 Å². The van der Waals surface area contributed by atoms with Crippen molar-refractivity contribution in [3.63, 3.8) is 0 Å². The van der Waals surface area contributed by atoms with Gasteiger partial charge in [0, 0.05) is 45.7 Å². The van der Waals surface area contributed by atoms with Gasteiger partial charge in [0.2, 0.25) is 0 Å². The maximum absolute atomic E-state index is 13.5. The van der Waals surface area contributed by atoms with E-state index in [1.54, 1.807) is 18.0 Å². The van der Waals surface area contributed by atoms with Gasteiger partial charge in [0.1, 0.15) is 0 Å². The Hall–Kier alpha value is -3.12. The summed E-state index contributed by atoms with van der Waals surface area (Å²) in [5.41, 5.74) is 2.18. The smallest absolute Gasteiger partial charge is 0.187 e. The van der Waals surface area contributed by atoms with Gasteiger partial charge in [0.25, 0.3) is 0 Å². The monoisotopic (exact) mass is 394 g/mol. The average Bonchev–Trinajstić information content (AvgIpc) is 2.71. The number of anilines is 1. The molecule has 0 aliphatic rings. The molecular formula is C22H16F2N2OS. The van der Waals surface area contributed by atoms with Gasteiger partial charge in [-0.2, -0.15) is 0 Å². The number of rotatable bonds is 5.